The highest BCUT2D eigenvalue weighted by Gasteiger charge is 2.18. The van der Waals surface area contributed by atoms with Gasteiger partial charge in [0.05, 0.1) is 0 Å². The molecule has 0 heterocycles. The average Bonchev–Trinajstić information content (AvgIpc) is 2.62. The van der Waals surface area contributed by atoms with E-state index in [4.69, 9.17) is 0 Å². The van der Waals surface area contributed by atoms with Gasteiger partial charge in [-0.2, -0.15) is 0 Å². The van der Waals surface area contributed by atoms with Crippen molar-refractivity contribution in [2.75, 3.05) is 0 Å². The van der Waals surface area contributed by atoms with Gasteiger partial charge < -0.3 is 0 Å². The molecule has 1 heteroatoms. The fourth-order valence-corrected chi connectivity index (χ4v) is 3.13. The smallest absolute Gasteiger partial charge is 0.189 e. The molecular formula is C23H34O. The second kappa shape index (κ2) is 11.8. The van der Waals surface area contributed by atoms with E-state index in [0.29, 0.717) is 0 Å². The van der Waals surface area contributed by atoms with Crippen LogP contribution in [0.25, 0.3) is 0 Å². The first-order valence-electron chi connectivity index (χ1n) is 9.70. The van der Waals surface area contributed by atoms with Gasteiger partial charge in [-0.05, 0) is 36.8 Å². The predicted molar refractivity (Wildman–Crippen MR) is 106 cm³/mol. The van der Waals surface area contributed by atoms with Gasteiger partial charge in [-0.3, -0.25) is 4.79 Å². The molecule has 1 aromatic carbocycles. The molecule has 0 aromatic heterocycles. The molecule has 0 bridgehead atoms. The van der Waals surface area contributed by atoms with Crippen molar-refractivity contribution in [2.45, 2.75) is 79.1 Å². The lowest BCUT2D eigenvalue weighted by Gasteiger charge is -2.18. The summed E-state index contributed by atoms with van der Waals surface area (Å²) in [4.78, 5) is 13.1. The van der Waals surface area contributed by atoms with Crippen LogP contribution < -0.4 is 0 Å². The first kappa shape index (κ1) is 20.4. The summed E-state index contributed by atoms with van der Waals surface area (Å²) in [5.41, 5.74) is 4.60. The summed E-state index contributed by atoms with van der Waals surface area (Å²) in [6.07, 6.45) is 10.8. The Morgan fingerprint density at radius 2 is 1.38 bits per heavy atom. The molecule has 0 fully saturated rings. The van der Waals surface area contributed by atoms with E-state index < -0.39 is 0 Å². The molecule has 0 atom stereocenters. The van der Waals surface area contributed by atoms with Crippen LogP contribution in [0.2, 0.25) is 0 Å². The van der Waals surface area contributed by atoms with Gasteiger partial charge >= 0.3 is 0 Å². The number of Topliss-reactive ketones (excluding diaryl/α,β-unsaturated/α-hetero) is 1. The summed E-state index contributed by atoms with van der Waals surface area (Å²) in [6.45, 7) is 8.81. The molecule has 1 rings (SSSR count). The van der Waals surface area contributed by atoms with E-state index in [0.717, 1.165) is 62.5 Å². The molecule has 1 nitrogen and oxygen atoms in total. The Hall–Kier alpha value is -1.63. The van der Waals surface area contributed by atoms with Crippen LogP contribution in [0.5, 0.6) is 0 Å². The third-order valence-corrected chi connectivity index (χ3v) is 4.26. The molecule has 0 saturated heterocycles. The lowest BCUT2D eigenvalue weighted by Crippen LogP contribution is -2.09. The Morgan fingerprint density at radius 1 is 0.792 bits per heavy atom. The Kier molecular flexibility index (Phi) is 10.1. The minimum absolute atomic E-state index is 0.222. The maximum atomic E-state index is 13.1. The Balaban J connectivity index is 3.38. The SMILES string of the molecule is CCC/C=C(CCC)/C(CCC)=C(\CCC)C(=O)c1ccccc1. The van der Waals surface area contributed by atoms with Crippen LogP contribution in [0.15, 0.2) is 53.1 Å². The second-order valence-electron chi connectivity index (χ2n) is 6.42. The zero-order valence-corrected chi connectivity index (χ0v) is 16.0. The fraction of sp³-hybridized carbons (Fsp3) is 0.522. The van der Waals surface area contributed by atoms with Crippen LogP contribution in [0.1, 0.15) is 89.4 Å². The molecule has 0 amide bonds. The molecule has 0 aliphatic carbocycles. The number of carbonyl (C=O) groups is 1. The van der Waals surface area contributed by atoms with Crippen molar-refractivity contribution < 1.29 is 4.79 Å². The molecule has 0 N–H and O–H groups in total. The van der Waals surface area contributed by atoms with Crippen LogP contribution in [-0.4, -0.2) is 5.78 Å². The van der Waals surface area contributed by atoms with Gasteiger partial charge in [-0.1, -0.05) is 89.8 Å². The summed E-state index contributed by atoms with van der Waals surface area (Å²) >= 11 is 0. The van der Waals surface area contributed by atoms with Crippen LogP contribution in [0.3, 0.4) is 0 Å². The van der Waals surface area contributed by atoms with Gasteiger partial charge in [-0.15, -0.1) is 0 Å². The van der Waals surface area contributed by atoms with Crippen LogP contribution in [0.4, 0.5) is 0 Å². The molecule has 0 radical (unpaired) electrons. The van der Waals surface area contributed by atoms with Crippen molar-refractivity contribution in [3.8, 4) is 0 Å². The van der Waals surface area contributed by atoms with E-state index in [1.54, 1.807) is 0 Å². The highest BCUT2D eigenvalue weighted by Crippen LogP contribution is 2.29. The molecule has 24 heavy (non-hydrogen) atoms. The summed E-state index contributed by atoms with van der Waals surface area (Å²) in [7, 11) is 0. The maximum absolute atomic E-state index is 13.1. The average molecular weight is 327 g/mol. The van der Waals surface area contributed by atoms with E-state index in [9.17, 15) is 4.79 Å². The first-order valence-corrected chi connectivity index (χ1v) is 9.70. The van der Waals surface area contributed by atoms with E-state index in [-0.39, 0.29) is 5.78 Å². The topological polar surface area (TPSA) is 17.1 Å². The molecule has 0 aliphatic rings. The molecule has 0 spiro atoms. The third kappa shape index (κ3) is 6.11. The molecule has 0 unspecified atom stereocenters. The minimum Gasteiger partial charge on any atom is -0.289 e. The second-order valence-corrected chi connectivity index (χ2v) is 6.42. The fourth-order valence-electron chi connectivity index (χ4n) is 3.13. The number of carbonyl (C=O) groups excluding carboxylic acids is 1. The number of unbranched alkanes of at least 4 members (excludes halogenated alkanes) is 1. The van der Waals surface area contributed by atoms with Crippen molar-refractivity contribution >= 4 is 5.78 Å². The lowest BCUT2D eigenvalue weighted by molar-refractivity contribution is 0.102. The Bertz CT molecular complexity index is 549. The normalized spacial score (nSPS) is 12.9. The van der Waals surface area contributed by atoms with Crippen LogP contribution >= 0.6 is 0 Å². The van der Waals surface area contributed by atoms with E-state index in [2.05, 4.69) is 33.8 Å². The van der Waals surface area contributed by atoms with Crippen LogP contribution in [-0.2, 0) is 0 Å². The first-order chi connectivity index (χ1) is 11.7. The molecule has 0 saturated carbocycles. The van der Waals surface area contributed by atoms with Crippen LogP contribution in [0, 0.1) is 0 Å². The van der Waals surface area contributed by atoms with Crippen molar-refractivity contribution in [3.63, 3.8) is 0 Å². The summed E-state index contributed by atoms with van der Waals surface area (Å²) < 4.78 is 0. The minimum atomic E-state index is 0.222. The van der Waals surface area contributed by atoms with E-state index in [1.165, 1.54) is 11.1 Å². The van der Waals surface area contributed by atoms with Crippen molar-refractivity contribution in [1.82, 2.24) is 0 Å². The number of ketones is 1. The monoisotopic (exact) mass is 326 g/mol. The van der Waals surface area contributed by atoms with Gasteiger partial charge in [0.25, 0.3) is 0 Å². The van der Waals surface area contributed by atoms with Gasteiger partial charge in [0, 0.05) is 11.1 Å². The molecular weight excluding hydrogens is 292 g/mol. The molecule has 0 aliphatic heterocycles. The number of rotatable bonds is 11. The number of hydrogen-bond donors (Lipinski definition) is 0. The predicted octanol–water partition coefficient (Wildman–Crippen LogP) is 7.29. The van der Waals surface area contributed by atoms with Gasteiger partial charge in [0.1, 0.15) is 0 Å². The highest BCUT2D eigenvalue weighted by molar-refractivity contribution is 6.09. The molecule has 1 aromatic rings. The third-order valence-electron chi connectivity index (χ3n) is 4.26. The largest absolute Gasteiger partial charge is 0.289 e. The van der Waals surface area contributed by atoms with Crippen molar-refractivity contribution in [3.05, 3.63) is 58.7 Å². The highest BCUT2D eigenvalue weighted by atomic mass is 16.1. The zero-order chi connectivity index (χ0) is 17.8. The quantitative estimate of drug-likeness (QED) is 0.237. The molecule has 132 valence electrons. The van der Waals surface area contributed by atoms with Gasteiger partial charge in [0.15, 0.2) is 5.78 Å². The van der Waals surface area contributed by atoms with Crippen molar-refractivity contribution in [1.29, 1.82) is 0 Å². The lowest BCUT2D eigenvalue weighted by atomic mass is 9.86. The number of allylic oxidation sites excluding steroid dienone is 4. The Labute approximate surface area is 148 Å². The standard InChI is InChI=1S/C23H34O/c1-5-9-16-19(13-6-2)21(14-7-3)22(15-8-4)23(24)20-17-11-10-12-18-20/h10-12,16-18H,5-9,13-15H2,1-4H3/b19-16+,22-21+. The van der Waals surface area contributed by atoms with E-state index >= 15 is 0 Å². The summed E-state index contributed by atoms with van der Waals surface area (Å²) in [6, 6.07) is 9.76. The summed E-state index contributed by atoms with van der Waals surface area (Å²) in [5, 5.41) is 0. The van der Waals surface area contributed by atoms with Gasteiger partial charge in [0.2, 0.25) is 0 Å². The number of hydrogen-bond acceptors (Lipinski definition) is 1. The van der Waals surface area contributed by atoms with Gasteiger partial charge in [-0.25, -0.2) is 0 Å². The maximum Gasteiger partial charge on any atom is 0.189 e. The van der Waals surface area contributed by atoms with E-state index in [1.807, 2.05) is 30.3 Å². The zero-order valence-electron chi connectivity index (χ0n) is 16.0. The number of benzene rings is 1. The van der Waals surface area contributed by atoms with Crippen molar-refractivity contribution in [2.24, 2.45) is 0 Å². The summed E-state index contributed by atoms with van der Waals surface area (Å²) in [5.74, 6) is 0.222. The Morgan fingerprint density at radius 3 is 1.92 bits per heavy atom.